The van der Waals surface area contributed by atoms with Gasteiger partial charge >= 0.3 is 0 Å². The standard InChI is InChI=1S/C29H33Cl2N3O5S/c1-5-20(2)32-29(36)21(3)33(18-22-7-6-8-24(31)17-22)28(35)19-34(25-11-9-23(30)10-12-25)40(37,38)27-15-13-26(39-4)14-16-27/h6-17,20-21H,5,18-19H2,1-4H3,(H,32,36)/t20-,21-/m1/s1. The fraction of sp³-hybridized carbons (Fsp3) is 0.310. The Morgan fingerprint density at radius 2 is 1.60 bits per heavy atom. The third kappa shape index (κ3) is 7.90. The van der Waals surface area contributed by atoms with Crippen molar-refractivity contribution in [3.8, 4) is 5.75 Å². The number of nitrogens with one attached hydrogen (secondary N) is 1. The molecule has 214 valence electrons. The van der Waals surface area contributed by atoms with Crippen molar-refractivity contribution in [3.05, 3.63) is 88.4 Å². The molecule has 11 heteroatoms. The number of benzene rings is 3. The Labute approximate surface area is 245 Å². The molecular formula is C29H33Cl2N3O5S. The minimum Gasteiger partial charge on any atom is -0.497 e. The van der Waals surface area contributed by atoms with Gasteiger partial charge in [-0.05, 0) is 86.5 Å². The molecule has 0 bridgehead atoms. The van der Waals surface area contributed by atoms with E-state index in [0.29, 0.717) is 27.8 Å². The van der Waals surface area contributed by atoms with Crippen LogP contribution in [0, 0.1) is 0 Å². The second-order valence-corrected chi connectivity index (χ2v) is 12.0. The van der Waals surface area contributed by atoms with E-state index in [2.05, 4.69) is 5.32 Å². The van der Waals surface area contributed by atoms with E-state index in [1.54, 1.807) is 43.3 Å². The molecule has 3 aromatic rings. The maximum Gasteiger partial charge on any atom is 0.264 e. The van der Waals surface area contributed by atoms with Gasteiger partial charge < -0.3 is 15.0 Å². The first-order chi connectivity index (χ1) is 19.0. The molecule has 0 spiro atoms. The Hall–Kier alpha value is -3.27. The summed E-state index contributed by atoms with van der Waals surface area (Å²) in [7, 11) is -2.72. The number of hydrogen-bond acceptors (Lipinski definition) is 5. The predicted octanol–water partition coefficient (Wildman–Crippen LogP) is 5.53. The molecule has 40 heavy (non-hydrogen) atoms. The van der Waals surface area contributed by atoms with E-state index in [-0.39, 0.29) is 29.1 Å². The monoisotopic (exact) mass is 605 g/mol. The van der Waals surface area contributed by atoms with Gasteiger partial charge in [0.15, 0.2) is 0 Å². The van der Waals surface area contributed by atoms with Gasteiger partial charge in [-0.25, -0.2) is 8.42 Å². The maximum atomic E-state index is 13.9. The van der Waals surface area contributed by atoms with Crippen LogP contribution in [0.15, 0.2) is 77.7 Å². The lowest BCUT2D eigenvalue weighted by atomic mass is 10.1. The minimum atomic E-state index is -4.20. The third-order valence-electron chi connectivity index (χ3n) is 6.45. The van der Waals surface area contributed by atoms with Crippen LogP contribution in [0.5, 0.6) is 5.75 Å². The zero-order chi connectivity index (χ0) is 29.4. The van der Waals surface area contributed by atoms with Crippen molar-refractivity contribution < 1.29 is 22.7 Å². The molecule has 2 amide bonds. The lowest BCUT2D eigenvalue weighted by Crippen LogP contribution is -2.52. The SMILES string of the molecule is CC[C@@H](C)NC(=O)[C@@H](C)N(Cc1cccc(Cl)c1)C(=O)CN(c1ccc(Cl)cc1)S(=O)(=O)c1ccc(OC)cc1. The normalized spacial score (nSPS) is 12.8. The van der Waals surface area contributed by atoms with Gasteiger partial charge in [-0.3, -0.25) is 13.9 Å². The van der Waals surface area contributed by atoms with Gasteiger partial charge in [0.1, 0.15) is 18.3 Å². The summed E-state index contributed by atoms with van der Waals surface area (Å²) in [6, 6.07) is 18.0. The summed E-state index contributed by atoms with van der Waals surface area (Å²) < 4.78 is 33.9. The van der Waals surface area contributed by atoms with Crippen molar-refractivity contribution >= 4 is 50.7 Å². The number of sulfonamides is 1. The van der Waals surface area contributed by atoms with Crippen LogP contribution < -0.4 is 14.4 Å². The Bertz CT molecular complexity index is 1420. The van der Waals surface area contributed by atoms with Crippen molar-refractivity contribution in [3.63, 3.8) is 0 Å². The highest BCUT2D eigenvalue weighted by Crippen LogP contribution is 2.27. The highest BCUT2D eigenvalue weighted by molar-refractivity contribution is 7.92. The van der Waals surface area contributed by atoms with Gasteiger partial charge in [0, 0.05) is 22.6 Å². The van der Waals surface area contributed by atoms with E-state index >= 15 is 0 Å². The van der Waals surface area contributed by atoms with Crippen LogP contribution in [0.3, 0.4) is 0 Å². The Morgan fingerprint density at radius 1 is 0.950 bits per heavy atom. The number of carbonyl (C=O) groups excluding carboxylic acids is 2. The molecule has 3 rings (SSSR count). The average molecular weight is 607 g/mol. The highest BCUT2D eigenvalue weighted by atomic mass is 35.5. The smallest absolute Gasteiger partial charge is 0.264 e. The Morgan fingerprint density at radius 3 is 2.17 bits per heavy atom. The van der Waals surface area contributed by atoms with E-state index in [9.17, 15) is 18.0 Å². The summed E-state index contributed by atoms with van der Waals surface area (Å²) in [5.74, 6) is -0.429. The maximum absolute atomic E-state index is 13.9. The van der Waals surface area contributed by atoms with Crippen LogP contribution in [-0.4, -0.2) is 50.9 Å². The number of hydrogen-bond donors (Lipinski definition) is 1. The molecule has 0 fully saturated rings. The average Bonchev–Trinajstić information content (AvgIpc) is 2.94. The van der Waals surface area contributed by atoms with E-state index < -0.39 is 28.5 Å². The van der Waals surface area contributed by atoms with Gasteiger partial charge in [-0.15, -0.1) is 0 Å². The number of nitrogens with zero attached hydrogens (tertiary/aromatic N) is 2. The number of anilines is 1. The van der Waals surface area contributed by atoms with Crippen LogP contribution in [0.25, 0.3) is 0 Å². The van der Waals surface area contributed by atoms with Crippen molar-refractivity contribution in [2.75, 3.05) is 18.0 Å². The molecular weight excluding hydrogens is 573 g/mol. The first-order valence-corrected chi connectivity index (χ1v) is 14.9. The van der Waals surface area contributed by atoms with E-state index in [0.717, 1.165) is 4.31 Å². The first-order valence-electron chi connectivity index (χ1n) is 12.7. The lowest BCUT2D eigenvalue weighted by Gasteiger charge is -2.32. The molecule has 1 N–H and O–H groups in total. The van der Waals surface area contributed by atoms with Crippen LogP contribution in [-0.2, 0) is 26.2 Å². The largest absolute Gasteiger partial charge is 0.497 e. The van der Waals surface area contributed by atoms with E-state index in [1.165, 1.54) is 48.4 Å². The summed E-state index contributed by atoms with van der Waals surface area (Å²) >= 11 is 12.2. The van der Waals surface area contributed by atoms with Gasteiger partial charge in [0.2, 0.25) is 11.8 Å². The molecule has 0 aliphatic heterocycles. The van der Waals surface area contributed by atoms with E-state index in [1.807, 2.05) is 13.8 Å². The fourth-order valence-corrected chi connectivity index (χ4v) is 5.64. The number of methoxy groups -OCH3 is 1. The molecule has 0 aliphatic rings. The van der Waals surface area contributed by atoms with Gasteiger partial charge in [-0.2, -0.15) is 0 Å². The predicted molar refractivity (Wildman–Crippen MR) is 158 cm³/mol. The molecule has 0 aromatic heterocycles. The molecule has 2 atom stereocenters. The zero-order valence-electron chi connectivity index (χ0n) is 22.8. The van der Waals surface area contributed by atoms with Crippen molar-refractivity contribution in [1.82, 2.24) is 10.2 Å². The van der Waals surface area contributed by atoms with Crippen LogP contribution in [0.2, 0.25) is 10.0 Å². The molecule has 8 nitrogen and oxygen atoms in total. The first kappa shape index (κ1) is 31.3. The number of rotatable bonds is 12. The lowest BCUT2D eigenvalue weighted by molar-refractivity contribution is -0.139. The summed E-state index contributed by atoms with van der Waals surface area (Å²) in [6.07, 6.45) is 0.713. The Kier molecular flexibility index (Phi) is 10.8. The minimum absolute atomic E-state index is 0.0278. The molecule has 0 radical (unpaired) electrons. The summed E-state index contributed by atoms with van der Waals surface area (Å²) in [5.41, 5.74) is 0.938. The second-order valence-electron chi connectivity index (χ2n) is 9.31. The number of amides is 2. The van der Waals surface area contributed by atoms with Crippen LogP contribution in [0.4, 0.5) is 5.69 Å². The fourth-order valence-electron chi connectivity index (χ4n) is 3.89. The molecule has 3 aromatic carbocycles. The van der Waals surface area contributed by atoms with Crippen molar-refractivity contribution in [1.29, 1.82) is 0 Å². The molecule has 0 heterocycles. The quantitative estimate of drug-likeness (QED) is 0.293. The third-order valence-corrected chi connectivity index (χ3v) is 8.73. The number of ether oxygens (including phenoxy) is 1. The van der Waals surface area contributed by atoms with Crippen LogP contribution in [0.1, 0.15) is 32.8 Å². The molecule has 0 saturated carbocycles. The topological polar surface area (TPSA) is 96.0 Å². The van der Waals surface area contributed by atoms with Crippen molar-refractivity contribution in [2.45, 2.75) is 50.7 Å². The zero-order valence-corrected chi connectivity index (χ0v) is 25.1. The van der Waals surface area contributed by atoms with Gasteiger partial charge in [0.25, 0.3) is 10.0 Å². The summed E-state index contributed by atoms with van der Waals surface area (Å²) in [6.45, 7) is 4.92. The summed E-state index contributed by atoms with van der Waals surface area (Å²) in [5, 5.41) is 3.79. The molecule has 0 saturated heterocycles. The van der Waals surface area contributed by atoms with Gasteiger partial charge in [0.05, 0.1) is 17.7 Å². The Balaban J connectivity index is 2.02. The van der Waals surface area contributed by atoms with Gasteiger partial charge in [-0.1, -0.05) is 42.3 Å². The number of carbonyl (C=O) groups is 2. The van der Waals surface area contributed by atoms with Crippen LogP contribution >= 0.6 is 23.2 Å². The van der Waals surface area contributed by atoms with E-state index in [4.69, 9.17) is 27.9 Å². The number of halogens is 2. The summed E-state index contributed by atoms with van der Waals surface area (Å²) in [4.78, 5) is 28.4. The highest BCUT2D eigenvalue weighted by Gasteiger charge is 2.32. The molecule has 0 aliphatic carbocycles. The second kappa shape index (κ2) is 13.9. The molecule has 0 unspecified atom stereocenters. The van der Waals surface area contributed by atoms with Crippen molar-refractivity contribution in [2.24, 2.45) is 0 Å².